The van der Waals surface area contributed by atoms with Gasteiger partial charge in [0, 0.05) is 6.04 Å². The predicted molar refractivity (Wildman–Crippen MR) is 82.1 cm³/mol. The Labute approximate surface area is 119 Å². The molecule has 114 valence electrons. The predicted octanol–water partition coefficient (Wildman–Crippen LogP) is 3.00. The Morgan fingerprint density at radius 1 is 1.32 bits per heavy atom. The van der Waals surface area contributed by atoms with Crippen molar-refractivity contribution in [1.29, 1.82) is 0 Å². The topological polar surface area (TPSA) is 46.2 Å². The molecule has 3 atom stereocenters. The van der Waals surface area contributed by atoms with E-state index in [0.717, 1.165) is 32.2 Å². The second kappa shape index (κ2) is 6.57. The molecule has 1 rings (SSSR count). The lowest BCUT2D eigenvalue weighted by Gasteiger charge is -2.32. The minimum Gasteiger partial charge on any atom is -0.312 e. The summed E-state index contributed by atoms with van der Waals surface area (Å²) in [7, 11) is -2.98. The zero-order chi connectivity index (χ0) is 14.7. The first-order valence-corrected chi connectivity index (χ1v) is 9.41. The molecule has 19 heavy (non-hydrogen) atoms. The molecule has 0 bridgehead atoms. The summed E-state index contributed by atoms with van der Waals surface area (Å²) in [5, 5.41) is 3.30. The lowest BCUT2D eigenvalue weighted by atomic mass is 9.87. The molecule has 0 heterocycles. The molecule has 0 aromatic heterocycles. The van der Waals surface area contributed by atoms with Crippen molar-refractivity contribution in [3.63, 3.8) is 0 Å². The molecule has 3 nitrogen and oxygen atoms in total. The standard InChI is InChI=1S/C15H31NO2S/c1-6-10-16-14-13(8-9-15(14,4)5)19(17,18)11-12(3)7-2/h12-14,16H,6-11H2,1-5H3. The molecule has 0 spiro atoms. The molecule has 0 amide bonds. The van der Waals surface area contributed by atoms with Crippen molar-refractivity contribution in [3.8, 4) is 0 Å². The molecule has 0 aromatic rings. The molecular weight excluding hydrogens is 258 g/mol. The van der Waals surface area contributed by atoms with Crippen molar-refractivity contribution in [2.45, 2.75) is 71.6 Å². The van der Waals surface area contributed by atoms with Gasteiger partial charge in [0.2, 0.25) is 0 Å². The molecule has 0 aliphatic heterocycles. The van der Waals surface area contributed by atoms with Crippen LogP contribution in [0.5, 0.6) is 0 Å². The Bertz CT molecular complexity index is 376. The van der Waals surface area contributed by atoms with Crippen molar-refractivity contribution in [1.82, 2.24) is 5.32 Å². The summed E-state index contributed by atoms with van der Waals surface area (Å²) in [6.07, 6.45) is 3.79. The highest BCUT2D eigenvalue weighted by atomic mass is 32.2. The summed E-state index contributed by atoms with van der Waals surface area (Å²) >= 11 is 0. The Morgan fingerprint density at radius 2 is 1.95 bits per heavy atom. The summed E-state index contributed by atoms with van der Waals surface area (Å²) in [6, 6.07) is 0.113. The van der Waals surface area contributed by atoms with Gasteiger partial charge in [0.15, 0.2) is 9.84 Å². The molecule has 1 fully saturated rings. The molecule has 1 saturated carbocycles. The van der Waals surface area contributed by atoms with Crippen molar-refractivity contribution in [3.05, 3.63) is 0 Å². The maximum Gasteiger partial charge on any atom is 0.154 e. The summed E-state index contributed by atoms with van der Waals surface area (Å²) in [5.41, 5.74) is 0.0857. The molecule has 1 N–H and O–H groups in total. The summed E-state index contributed by atoms with van der Waals surface area (Å²) < 4.78 is 25.2. The van der Waals surface area contributed by atoms with Gasteiger partial charge in [0.1, 0.15) is 0 Å². The molecule has 3 unspecified atom stereocenters. The number of hydrogen-bond donors (Lipinski definition) is 1. The van der Waals surface area contributed by atoms with Crippen LogP contribution in [0.2, 0.25) is 0 Å². The summed E-state index contributed by atoms with van der Waals surface area (Å²) in [6.45, 7) is 11.5. The van der Waals surface area contributed by atoms with Crippen LogP contribution in [0, 0.1) is 11.3 Å². The minimum absolute atomic E-state index is 0.0857. The van der Waals surface area contributed by atoms with Crippen molar-refractivity contribution < 1.29 is 8.42 Å². The van der Waals surface area contributed by atoms with E-state index in [1.54, 1.807) is 0 Å². The van der Waals surface area contributed by atoms with Crippen LogP contribution in [0.1, 0.15) is 60.3 Å². The van der Waals surface area contributed by atoms with Crippen LogP contribution in [0.15, 0.2) is 0 Å². The van der Waals surface area contributed by atoms with Gasteiger partial charge in [-0.05, 0) is 37.1 Å². The van der Waals surface area contributed by atoms with E-state index in [4.69, 9.17) is 0 Å². The minimum atomic E-state index is -2.98. The first kappa shape index (κ1) is 17.0. The fraction of sp³-hybridized carbons (Fsp3) is 1.00. The first-order chi connectivity index (χ1) is 8.74. The number of rotatable bonds is 7. The van der Waals surface area contributed by atoms with E-state index in [0.29, 0.717) is 5.75 Å². The Morgan fingerprint density at radius 3 is 2.47 bits per heavy atom. The van der Waals surface area contributed by atoms with Gasteiger partial charge < -0.3 is 5.32 Å². The monoisotopic (exact) mass is 289 g/mol. The van der Waals surface area contributed by atoms with Gasteiger partial charge in [-0.25, -0.2) is 8.42 Å². The van der Waals surface area contributed by atoms with Crippen molar-refractivity contribution in [2.24, 2.45) is 11.3 Å². The van der Waals surface area contributed by atoms with E-state index in [-0.39, 0.29) is 22.6 Å². The fourth-order valence-electron chi connectivity index (χ4n) is 3.07. The molecule has 1 aliphatic carbocycles. The Hall–Kier alpha value is -0.0900. The zero-order valence-electron chi connectivity index (χ0n) is 13.2. The number of nitrogens with one attached hydrogen (secondary N) is 1. The van der Waals surface area contributed by atoms with Gasteiger partial charge in [-0.3, -0.25) is 0 Å². The second-order valence-electron chi connectivity index (χ2n) is 6.84. The van der Waals surface area contributed by atoms with Crippen LogP contribution in [-0.2, 0) is 9.84 Å². The Balaban J connectivity index is 2.85. The second-order valence-corrected chi connectivity index (χ2v) is 9.11. The zero-order valence-corrected chi connectivity index (χ0v) is 14.0. The normalized spacial score (nSPS) is 28.5. The van der Waals surface area contributed by atoms with E-state index in [1.807, 2.05) is 6.92 Å². The van der Waals surface area contributed by atoms with Gasteiger partial charge in [-0.1, -0.05) is 41.0 Å². The highest BCUT2D eigenvalue weighted by Crippen LogP contribution is 2.41. The average Bonchev–Trinajstić information content (AvgIpc) is 2.62. The van der Waals surface area contributed by atoms with Gasteiger partial charge >= 0.3 is 0 Å². The third kappa shape index (κ3) is 4.19. The lowest BCUT2D eigenvalue weighted by molar-refractivity contribution is 0.284. The molecule has 0 saturated heterocycles. The van der Waals surface area contributed by atoms with Crippen LogP contribution >= 0.6 is 0 Å². The highest BCUT2D eigenvalue weighted by molar-refractivity contribution is 7.92. The van der Waals surface area contributed by atoms with Crippen molar-refractivity contribution >= 4 is 9.84 Å². The van der Waals surface area contributed by atoms with Gasteiger partial charge in [0.25, 0.3) is 0 Å². The van der Waals surface area contributed by atoms with E-state index >= 15 is 0 Å². The lowest BCUT2D eigenvalue weighted by Crippen LogP contribution is -2.48. The average molecular weight is 289 g/mol. The number of sulfone groups is 1. The van der Waals surface area contributed by atoms with Gasteiger partial charge in [-0.2, -0.15) is 0 Å². The van der Waals surface area contributed by atoms with E-state index < -0.39 is 9.84 Å². The highest BCUT2D eigenvalue weighted by Gasteiger charge is 2.47. The van der Waals surface area contributed by atoms with Crippen LogP contribution < -0.4 is 5.32 Å². The van der Waals surface area contributed by atoms with E-state index in [1.165, 1.54) is 0 Å². The van der Waals surface area contributed by atoms with Gasteiger partial charge in [-0.15, -0.1) is 0 Å². The third-order valence-electron chi connectivity index (χ3n) is 4.58. The van der Waals surface area contributed by atoms with Crippen LogP contribution in [0.25, 0.3) is 0 Å². The smallest absolute Gasteiger partial charge is 0.154 e. The van der Waals surface area contributed by atoms with Crippen LogP contribution in [0.4, 0.5) is 0 Å². The molecule has 4 heteroatoms. The first-order valence-electron chi connectivity index (χ1n) is 7.69. The molecular formula is C15H31NO2S. The Kier molecular flexibility index (Phi) is 5.87. The molecule has 0 radical (unpaired) electrons. The quantitative estimate of drug-likeness (QED) is 0.783. The largest absolute Gasteiger partial charge is 0.312 e. The van der Waals surface area contributed by atoms with Gasteiger partial charge in [0.05, 0.1) is 11.0 Å². The van der Waals surface area contributed by atoms with Crippen LogP contribution in [0.3, 0.4) is 0 Å². The van der Waals surface area contributed by atoms with Crippen molar-refractivity contribution in [2.75, 3.05) is 12.3 Å². The van der Waals surface area contributed by atoms with Crippen LogP contribution in [-0.4, -0.2) is 32.0 Å². The maximum absolute atomic E-state index is 12.6. The fourth-order valence-corrected chi connectivity index (χ4v) is 5.70. The van der Waals surface area contributed by atoms with E-state index in [9.17, 15) is 8.42 Å². The summed E-state index contributed by atoms with van der Waals surface area (Å²) in [4.78, 5) is 0. The number of hydrogen-bond acceptors (Lipinski definition) is 3. The molecule has 1 aliphatic rings. The summed E-state index contributed by atoms with van der Waals surface area (Å²) in [5.74, 6) is 0.606. The SMILES string of the molecule is CCCNC1C(S(=O)(=O)CC(C)CC)CCC1(C)C. The molecule has 0 aromatic carbocycles. The third-order valence-corrected chi connectivity index (χ3v) is 7.04. The van der Waals surface area contributed by atoms with E-state index in [2.05, 4.69) is 33.0 Å². The maximum atomic E-state index is 12.6.